The van der Waals surface area contributed by atoms with Crippen molar-refractivity contribution < 1.29 is 19.1 Å². The number of anilines is 1. The third-order valence-electron chi connectivity index (χ3n) is 4.15. The highest BCUT2D eigenvalue weighted by molar-refractivity contribution is 5.94. The van der Waals surface area contributed by atoms with Crippen molar-refractivity contribution in [1.82, 2.24) is 10.4 Å². The maximum absolute atomic E-state index is 12.1. The summed E-state index contributed by atoms with van der Waals surface area (Å²) in [5, 5.41) is 6.72. The van der Waals surface area contributed by atoms with Crippen LogP contribution in [0.15, 0.2) is 72.1 Å². The largest absolute Gasteiger partial charge is 0.493 e. The summed E-state index contributed by atoms with van der Waals surface area (Å²) < 4.78 is 10.9. The van der Waals surface area contributed by atoms with Crippen molar-refractivity contribution in [2.24, 2.45) is 5.10 Å². The first kappa shape index (κ1) is 21.5. The van der Waals surface area contributed by atoms with Crippen molar-refractivity contribution in [3.05, 3.63) is 83.7 Å². The van der Waals surface area contributed by atoms with Crippen LogP contribution in [-0.4, -0.2) is 36.7 Å². The number of ether oxygens (including phenoxy) is 2. The van der Waals surface area contributed by atoms with Crippen LogP contribution in [-0.2, 0) is 4.79 Å². The van der Waals surface area contributed by atoms with Gasteiger partial charge in [0.15, 0.2) is 18.1 Å². The van der Waals surface area contributed by atoms with Crippen LogP contribution in [0, 0.1) is 6.92 Å². The van der Waals surface area contributed by atoms with Crippen molar-refractivity contribution in [3.8, 4) is 11.5 Å². The molecule has 0 fully saturated rings. The van der Waals surface area contributed by atoms with E-state index in [2.05, 4.69) is 20.8 Å². The molecular weight excluding hydrogens is 396 g/mol. The minimum atomic E-state index is -0.365. The maximum Gasteiger partial charge on any atom is 0.272 e. The van der Waals surface area contributed by atoms with E-state index in [0.717, 1.165) is 5.56 Å². The number of hydrogen-bond acceptors (Lipinski definition) is 6. The highest BCUT2D eigenvalue weighted by atomic mass is 16.5. The van der Waals surface area contributed by atoms with Crippen LogP contribution >= 0.6 is 0 Å². The summed E-state index contributed by atoms with van der Waals surface area (Å²) in [5.41, 5.74) is 5.28. The number of aromatic nitrogens is 1. The number of carbonyl (C=O) groups excluding carboxylic acids is 2. The van der Waals surface area contributed by atoms with Crippen LogP contribution in [0.25, 0.3) is 0 Å². The van der Waals surface area contributed by atoms with Crippen LogP contribution in [0.5, 0.6) is 11.5 Å². The molecule has 8 nitrogen and oxygen atoms in total. The van der Waals surface area contributed by atoms with E-state index in [4.69, 9.17) is 9.47 Å². The SMILES string of the molecule is COc1cc(/C=N/NC(=O)c2cccnc2)ccc1OCC(=O)Nc1cccc(C)c1. The molecule has 1 aromatic heterocycles. The van der Waals surface area contributed by atoms with Crippen LogP contribution in [0.4, 0.5) is 5.69 Å². The molecule has 0 saturated carbocycles. The summed E-state index contributed by atoms with van der Waals surface area (Å²) in [6, 6.07) is 15.9. The number of pyridine rings is 1. The van der Waals surface area contributed by atoms with Gasteiger partial charge < -0.3 is 14.8 Å². The number of methoxy groups -OCH3 is 1. The first-order valence-electron chi connectivity index (χ1n) is 9.46. The molecule has 2 amide bonds. The highest BCUT2D eigenvalue weighted by Gasteiger charge is 2.09. The normalized spacial score (nSPS) is 10.5. The third kappa shape index (κ3) is 6.40. The lowest BCUT2D eigenvalue weighted by atomic mass is 10.2. The van der Waals surface area contributed by atoms with Gasteiger partial charge in [-0.25, -0.2) is 5.43 Å². The van der Waals surface area contributed by atoms with Gasteiger partial charge in [0.2, 0.25) is 0 Å². The summed E-state index contributed by atoms with van der Waals surface area (Å²) in [6.45, 7) is 1.78. The van der Waals surface area contributed by atoms with E-state index < -0.39 is 0 Å². The summed E-state index contributed by atoms with van der Waals surface area (Å²) in [7, 11) is 1.50. The van der Waals surface area contributed by atoms with Gasteiger partial charge in [0, 0.05) is 18.1 Å². The molecule has 0 saturated heterocycles. The molecule has 0 spiro atoms. The van der Waals surface area contributed by atoms with Crippen LogP contribution in [0.1, 0.15) is 21.5 Å². The smallest absolute Gasteiger partial charge is 0.272 e. The lowest BCUT2D eigenvalue weighted by molar-refractivity contribution is -0.118. The van der Waals surface area contributed by atoms with Gasteiger partial charge in [-0.1, -0.05) is 12.1 Å². The molecule has 2 aromatic carbocycles. The molecule has 31 heavy (non-hydrogen) atoms. The Hall–Kier alpha value is -4.20. The number of nitrogens with one attached hydrogen (secondary N) is 2. The van der Waals surface area contributed by atoms with Gasteiger partial charge >= 0.3 is 0 Å². The molecule has 0 radical (unpaired) electrons. The molecule has 3 rings (SSSR count). The van der Waals surface area contributed by atoms with Crippen LogP contribution in [0.3, 0.4) is 0 Å². The van der Waals surface area contributed by atoms with Crippen molar-refractivity contribution in [2.45, 2.75) is 6.92 Å². The average molecular weight is 418 g/mol. The predicted molar refractivity (Wildman–Crippen MR) is 118 cm³/mol. The van der Waals surface area contributed by atoms with Gasteiger partial charge in [-0.3, -0.25) is 14.6 Å². The standard InChI is InChI=1S/C23H22N4O4/c1-16-5-3-7-19(11-16)26-22(28)15-31-20-9-8-17(12-21(20)30-2)13-25-27-23(29)18-6-4-10-24-14-18/h3-14H,15H2,1-2H3,(H,26,28)(H,27,29)/b25-13+. The van der Waals surface area contributed by atoms with E-state index >= 15 is 0 Å². The van der Waals surface area contributed by atoms with Crippen molar-refractivity contribution in [3.63, 3.8) is 0 Å². The second kappa shape index (κ2) is 10.5. The van der Waals surface area contributed by atoms with Crippen molar-refractivity contribution in [2.75, 3.05) is 19.0 Å². The molecule has 1 heterocycles. The zero-order valence-electron chi connectivity index (χ0n) is 17.2. The lowest BCUT2D eigenvalue weighted by Crippen LogP contribution is -2.20. The average Bonchev–Trinajstić information content (AvgIpc) is 2.78. The summed E-state index contributed by atoms with van der Waals surface area (Å²) in [5.74, 6) is 0.205. The van der Waals surface area contributed by atoms with Gasteiger partial charge in [0.25, 0.3) is 11.8 Å². The number of benzene rings is 2. The Kier molecular flexibility index (Phi) is 7.31. The van der Waals surface area contributed by atoms with Crippen LogP contribution < -0.4 is 20.2 Å². The molecule has 2 N–H and O–H groups in total. The minimum absolute atomic E-state index is 0.168. The van der Waals surface area contributed by atoms with E-state index in [1.807, 2.05) is 31.2 Å². The number of rotatable bonds is 8. The number of hydrogen-bond donors (Lipinski definition) is 2. The molecule has 158 valence electrons. The van der Waals surface area contributed by atoms with Gasteiger partial charge in [0.05, 0.1) is 18.9 Å². The van der Waals surface area contributed by atoms with Gasteiger partial charge in [-0.2, -0.15) is 5.10 Å². The van der Waals surface area contributed by atoms with Gasteiger partial charge in [-0.05, 0) is 60.5 Å². The summed E-state index contributed by atoms with van der Waals surface area (Å²) >= 11 is 0. The quantitative estimate of drug-likeness (QED) is 0.432. The number of hydrazone groups is 1. The Morgan fingerprint density at radius 1 is 1.10 bits per heavy atom. The molecule has 0 aliphatic rings. The van der Waals surface area contributed by atoms with Gasteiger partial charge in [0.1, 0.15) is 0 Å². The zero-order valence-corrected chi connectivity index (χ0v) is 17.2. The second-order valence-corrected chi connectivity index (χ2v) is 6.56. The van der Waals surface area contributed by atoms with Crippen molar-refractivity contribution >= 4 is 23.7 Å². The number of amides is 2. The number of carbonyl (C=O) groups is 2. The number of nitrogens with zero attached hydrogens (tertiary/aromatic N) is 2. The predicted octanol–water partition coefficient (Wildman–Crippen LogP) is 3.18. The molecule has 3 aromatic rings. The van der Waals surface area contributed by atoms with Crippen molar-refractivity contribution in [1.29, 1.82) is 0 Å². The monoisotopic (exact) mass is 418 g/mol. The Labute approximate surface area is 179 Å². The topological polar surface area (TPSA) is 102 Å². The first-order valence-corrected chi connectivity index (χ1v) is 9.46. The zero-order chi connectivity index (χ0) is 22.1. The Morgan fingerprint density at radius 2 is 1.97 bits per heavy atom. The fourth-order valence-electron chi connectivity index (χ4n) is 2.67. The fourth-order valence-corrected chi connectivity index (χ4v) is 2.67. The molecular formula is C23H22N4O4. The van der Waals surface area contributed by atoms with E-state index in [0.29, 0.717) is 28.3 Å². The van der Waals surface area contributed by atoms with E-state index in [1.165, 1.54) is 19.5 Å². The van der Waals surface area contributed by atoms with E-state index in [-0.39, 0.29) is 18.4 Å². The maximum atomic E-state index is 12.1. The Morgan fingerprint density at radius 3 is 2.71 bits per heavy atom. The van der Waals surface area contributed by atoms with Crippen LogP contribution in [0.2, 0.25) is 0 Å². The lowest BCUT2D eigenvalue weighted by Gasteiger charge is -2.11. The van der Waals surface area contributed by atoms with Gasteiger partial charge in [-0.15, -0.1) is 0 Å². The first-order chi connectivity index (χ1) is 15.0. The summed E-state index contributed by atoms with van der Waals surface area (Å²) in [6.07, 6.45) is 4.52. The Balaban J connectivity index is 1.56. The fraction of sp³-hybridized carbons (Fsp3) is 0.130. The number of aryl methyl sites for hydroxylation is 1. The second-order valence-electron chi connectivity index (χ2n) is 6.56. The molecule has 8 heteroatoms. The molecule has 0 aliphatic carbocycles. The van der Waals surface area contributed by atoms with E-state index in [9.17, 15) is 9.59 Å². The third-order valence-corrected chi connectivity index (χ3v) is 4.15. The molecule has 0 unspecified atom stereocenters. The summed E-state index contributed by atoms with van der Waals surface area (Å²) in [4.78, 5) is 28.0. The molecule has 0 atom stereocenters. The van der Waals surface area contributed by atoms with E-state index in [1.54, 1.807) is 36.5 Å². The minimum Gasteiger partial charge on any atom is -0.493 e. The molecule has 0 bridgehead atoms. The molecule has 0 aliphatic heterocycles. The Bertz CT molecular complexity index is 1080. The highest BCUT2D eigenvalue weighted by Crippen LogP contribution is 2.27.